The van der Waals surface area contributed by atoms with Crippen LogP contribution in [-0.2, 0) is 4.79 Å². The average Bonchev–Trinajstić information content (AvgIpc) is 1.84. The second kappa shape index (κ2) is 4.13. The largest absolute Gasteiger partial charge is 0.478 e. The smallest absolute Gasteiger partial charge is 0.423 e. The number of alkyl halides is 3. The van der Waals surface area contributed by atoms with Crippen molar-refractivity contribution in [3.8, 4) is 0 Å². The van der Waals surface area contributed by atoms with Gasteiger partial charge in [-0.1, -0.05) is 19.4 Å². The highest BCUT2D eigenvalue weighted by molar-refractivity contribution is 5.87. The quantitative estimate of drug-likeness (QED) is 0.680. The van der Waals surface area contributed by atoms with E-state index in [0.29, 0.717) is 12.5 Å². The van der Waals surface area contributed by atoms with Crippen LogP contribution in [0.3, 0.4) is 0 Å². The minimum Gasteiger partial charge on any atom is -0.478 e. The summed E-state index contributed by atoms with van der Waals surface area (Å²) in [6, 6.07) is 0. The second-order valence-electron chi connectivity index (χ2n) is 2.21. The van der Waals surface area contributed by atoms with Gasteiger partial charge in [0.1, 0.15) is 5.57 Å². The topological polar surface area (TPSA) is 37.3 Å². The van der Waals surface area contributed by atoms with Gasteiger partial charge < -0.3 is 5.11 Å². The van der Waals surface area contributed by atoms with E-state index in [4.69, 9.17) is 5.11 Å². The molecular formula is C7H9F3O2. The molecule has 2 nitrogen and oxygen atoms in total. The van der Waals surface area contributed by atoms with Crippen LogP contribution < -0.4 is 0 Å². The van der Waals surface area contributed by atoms with Gasteiger partial charge in [0.05, 0.1) is 0 Å². The van der Waals surface area contributed by atoms with Crippen LogP contribution in [0.2, 0.25) is 0 Å². The van der Waals surface area contributed by atoms with Crippen molar-refractivity contribution in [1.29, 1.82) is 0 Å². The molecule has 0 fully saturated rings. The van der Waals surface area contributed by atoms with Crippen molar-refractivity contribution < 1.29 is 23.1 Å². The number of aliphatic carboxylic acids is 1. The molecule has 0 heterocycles. The van der Waals surface area contributed by atoms with E-state index in [0.717, 1.165) is 0 Å². The molecule has 12 heavy (non-hydrogen) atoms. The number of unbranched alkanes of at least 4 members (excludes halogenated alkanes) is 1. The van der Waals surface area contributed by atoms with Gasteiger partial charge >= 0.3 is 12.1 Å². The zero-order chi connectivity index (χ0) is 9.78. The summed E-state index contributed by atoms with van der Waals surface area (Å²) in [6.07, 6.45) is -3.43. The zero-order valence-electron chi connectivity index (χ0n) is 6.48. The highest BCUT2D eigenvalue weighted by atomic mass is 19.4. The summed E-state index contributed by atoms with van der Waals surface area (Å²) in [5.41, 5.74) is -1.48. The molecule has 0 aromatic rings. The van der Waals surface area contributed by atoms with E-state index < -0.39 is 17.7 Å². The first kappa shape index (κ1) is 11.0. The van der Waals surface area contributed by atoms with Gasteiger partial charge in [0.2, 0.25) is 0 Å². The van der Waals surface area contributed by atoms with Gasteiger partial charge in [0, 0.05) is 0 Å². The number of allylic oxidation sites excluding steroid dienone is 1. The lowest BCUT2D eigenvalue weighted by atomic mass is 10.2. The molecule has 0 aromatic carbocycles. The molecule has 1 N–H and O–H groups in total. The Morgan fingerprint density at radius 3 is 2.25 bits per heavy atom. The average molecular weight is 182 g/mol. The van der Waals surface area contributed by atoms with E-state index in [9.17, 15) is 18.0 Å². The molecule has 0 spiro atoms. The van der Waals surface area contributed by atoms with Gasteiger partial charge in [-0.2, -0.15) is 13.2 Å². The summed E-state index contributed by atoms with van der Waals surface area (Å²) in [7, 11) is 0. The summed E-state index contributed by atoms with van der Waals surface area (Å²) in [5.74, 6) is -1.92. The van der Waals surface area contributed by atoms with E-state index in [1.54, 1.807) is 6.92 Å². The third kappa shape index (κ3) is 3.41. The molecule has 0 rings (SSSR count). The van der Waals surface area contributed by atoms with Crippen LogP contribution in [0.4, 0.5) is 13.2 Å². The van der Waals surface area contributed by atoms with Gasteiger partial charge in [-0.15, -0.1) is 0 Å². The fourth-order valence-corrected chi connectivity index (χ4v) is 0.613. The Labute approximate surface area is 67.7 Å². The molecule has 70 valence electrons. The maximum absolute atomic E-state index is 11.8. The van der Waals surface area contributed by atoms with Crippen molar-refractivity contribution in [2.75, 3.05) is 0 Å². The van der Waals surface area contributed by atoms with E-state index in [-0.39, 0.29) is 6.42 Å². The molecule has 0 saturated carbocycles. The molecule has 0 aliphatic rings. The van der Waals surface area contributed by atoms with Crippen LogP contribution in [0.15, 0.2) is 11.6 Å². The number of halogens is 3. The molecule has 0 atom stereocenters. The molecule has 0 aromatic heterocycles. The van der Waals surface area contributed by atoms with E-state index in [1.807, 2.05) is 0 Å². The summed E-state index contributed by atoms with van der Waals surface area (Å²) >= 11 is 0. The number of carboxylic acids is 1. The monoisotopic (exact) mass is 182 g/mol. The van der Waals surface area contributed by atoms with Crippen LogP contribution in [0.25, 0.3) is 0 Å². The minimum atomic E-state index is -4.75. The normalized spacial score (nSPS) is 13.2. The number of carboxylic acid groups (broad SMARTS) is 1. The number of hydrogen-bond donors (Lipinski definition) is 1. The lowest BCUT2D eigenvalue weighted by Crippen LogP contribution is -2.19. The first-order valence-electron chi connectivity index (χ1n) is 3.40. The Balaban J connectivity index is 4.56. The van der Waals surface area contributed by atoms with Crippen molar-refractivity contribution in [2.24, 2.45) is 0 Å². The predicted molar refractivity (Wildman–Crippen MR) is 36.7 cm³/mol. The highest BCUT2D eigenvalue weighted by Gasteiger charge is 2.38. The van der Waals surface area contributed by atoms with Gasteiger partial charge in [-0.25, -0.2) is 4.79 Å². The standard InChI is InChI=1S/C7H9F3O2/c1-2-3-4-5(6(11)12)7(8,9)10/h4H,2-3H2,1H3,(H,11,12). The molecule has 0 aliphatic carbocycles. The third-order valence-corrected chi connectivity index (χ3v) is 1.17. The number of carbonyl (C=O) groups is 1. The van der Waals surface area contributed by atoms with Crippen LogP contribution in [0.5, 0.6) is 0 Å². The summed E-state index contributed by atoms with van der Waals surface area (Å²) in [6.45, 7) is 1.67. The Morgan fingerprint density at radius 2 is 2.00 bits per heavy atom. The van der Waals surface area contributed by atoms with Gasteiger partial charge in [0.15, 0.2) is 0 Å². The highest BCUT2D eigenvalue weighted by Crippen LogP contribution is 2.26. The van der Waals surface area contributed by atoms with E-state index >= 15 is 0 Å². The third-order valence-electron chi connectivity index (χ3n) is 1.17. The molecule has 0 unspecified atom stereocenters. The van der Waals surface area contributed by atoms with E-state index in [1.165, 1.54) is 0 Å². The lowest BCUT2D eigenvalue weighted by molar-refractivity contribution is -0.144. The van der Waals surface area contributed by atoms with Gasteiger partial charge in [-0.05, 0) is 6.42 Å². The molecule has 0 amide bonds. The van der Waals surface area contributed by atoms with Crippen molar-refractivity contribution in [3.05, 3.63) is 11.6 Å². The minimum absolute atomic E-state index is 0.126. The summed E-state index contributed by atoms with van der Waals surface area (Å²) in [5, 5.41) is 8.15. The maximum Gasteiger partial charge on any atom is 0.423 e. The van der Waals surface area contributed by atoms with Crippen molar-refractivity contribution >= 4 is 5.97 Å². The Morgan fingerprint density at radius 1 is 1.50 bits per heavy atom. The first-order valence-corrected chi connectivity index (χ1v) is 3.40. The Kier molecular flexibility index (Phi) is 3.79. The van der Waals surface area contributed by atoms with Crippen LogP contribution in [0, 0.1) is 0 Å². The molecule has 0 aliphatic heterocycles. The van der Waals surface area contributed by atoms with E-state index in [2.05, 4.69) is 0 Å². The van der Waals surface area contributed by atoms with Crippen molar-refractivity contribution in [3.63, 3.8) is 0 Å². The lowest BCUT2D eigenvalue weighted by Gasteiger charge is -2.05. The van der Waals surface area contributed by atoms with Crippen molar-refractivity contribution in [2.45, 2.75) is 25.9 Å². The van der Waals surface area contributed by atoms with Crippen molar-refractivity contribution in [1.82, 2.24) is 0 Å². The van der Waals surface area contributed by atoms with Gasteiger partial charge in [0.25, 0.3) is 0 Å². The number of rotatable bonds is 3. The fraction of sp³-hybridized carbons (Fsp3) is 0.571. The predicted octanol–water partition coefficient (Wildman–Crippen LogP) is 2.36. The molecule has 0 bridgehead atoms. The molecule has 0 radical (unpaired) electrons. The maximum atomic E-state index is 11.8. The second-order valence-corrected chi connectivity index (χ2v) is 2.21. The molecular weight excluding hydrogens is 173 g/mol. The van der Waals surface area contributed by atoms with Crippen LogP contribution >= 0.6 is 0 Å². The Bertz CT molecular complexity index is 193. The zero-order valence-corrected chi connectivity index (χ0v) is 6.48. The molecule has 0 saturated heterocycles. The summed E-state index contributed by atoms with van der Waals surface area (Å²) < 4.78 is 35.5. The first-order chi connectivity index (χ1) is 5.39. The number of hydrogen-bond acceptors (Lipinski definition) is 1. The fourth-order valence-electron chi connectivity index (χ4n) is 0.613. The summed E-state index contributed by atoms with van der Waals surface area (Å²) in [4.78, 5) is 10.1. The van der Waals surface area contributed by atoms with Crippen LogP contribution in [0.1, 0.15) is 19.8 Å². The van der Waals surface area contributed by atoms with Gasteiger partial charge in [-0.3, -0.25) is 0 Å². The molecule has 5 heteroatoms. The SMILES string of the molecule is CCCC=C(C(=O)O)C(F)(F)F. The van der Waals surface area contributed by atoms with Crippen LogP contribution in [-0.4, -0.2) is 17.3 Å². The Hall–Kier alpha value is -1.00.